The zero-order valence-electron chi connectivity index (χ0n) is 12.4. The van der Waals surface area contributed by atoms with E-state index in [1.54, 1.807) is 0 Å². The van der Waals surface area contributed by atoms with Gasteiger partial charge in [-0.3, -0.25) is 13.9 Å². The first-order valence-corrected chi connectivity index (χ1v) is 6.72. The van der Waals surface area contributed by atoms with Crippen molar-refractivity contribution in [2.24, 2.45) is 14.1 Å². The molecule has 0 aliphatic rings. The minimum absolute atomic E-state index is 0.0716. The first kappa shape index (κ1) is 15.3. The Morgan fingerprint density at radius 2 is 1.86 bits per heavy atom. The lowest BCUT2D eigenvalue weighted by Gasteiger charge is -2.12. The predicted molar refractivity (Wildman–Crippen MR) is 85.6 cm³/mol. The normalized spacial score (nSPS) is 10.6. The van der Waals surface area contributed by atoms with Crippen molar-refractivity contribution in [3.8, 4) is 6.07 Å². The highest BCUT2D eigenvalue weighted by Crippen LogP contribution is 2.07. The molecule has 0 saturated heterocycles. The number of benzene rings is 1. The first-order valence-electron chi connectivity index (χ1n) is 6.72. The lowest BCUT2D eigenvalue weighted by atomic mass is 10.2. The van der Waals surface area contributed by atoms with E-state index in [0.717, 1.165) is 10.1 Å². The molecular formula is C16H16N4O2. The maximum Gasteiger partial charge on any atom is 0.332 e. The number of nitrogens with one attached hydrogen (secondary N) is 1. The monoisotopic (exact) mass is 296 g/mol. The van der Waals surface area contributed by atoms with E-state index in [9.17, 15) is 9.59 Å². The number of nitrogens with zero attached hydrogens (tertiary/aromatic N) is 3. The molecular weight excluding hydrogens is 280 g/mol. The van der Waals surface area contributed by atoms with Crippen molar-refractivity contribution in [3.63, 3.8) is 0 Å². The Morgan fingerprint density at radius 1 is 1.18 bits per heavy atom. The van der Waals surface area contributed by atoms with Crippen LogP contribution in [-0.2, 0) is 14.1 Å². The van der Waals surface area contributed by atoms with Crippen LogP contribution >= 0.6 is 0 Å². The Balaban J connectivity index is 2.24. The Morgan fingerprint density at radius 3 is 2.50 bits per heavy atom. The van der Waals surface area contributed by atoms with Gasteiger partial charge in [0.25, 0.3) is 5.56 Å². The summed E-state index contributed by atoms with van der Waals surface area (Å²) >= 11 is 0. The fourth-order valence-corrected chi connectivity index (χ4v) is 2.07. The molecule has 6 heteroatoms. The maximum atomic E-state index is 11.9. The molecule has 0 spiro atoms. The van der Waals surface area contributed by atoms with Crippen LogP contribution in [0.25, 0.3) is 6.08 Å². The smallest absolute Gasteiger partial charge is 0.332 e. The lowest BCUT2D eigenvalue weighted by Crippen LogP contribution is -2.39. The summed E-state index contributed by atoms with van der Waals surface area (Å²) in [6.45, 7) is 0.393. The van der Waals surface area contributed by atoms with Crippen LogP contribution in [0.15, 0.2) is 46.0 Å². The molecule has 0 radical (unpaired) electrons. The fourth-order valence-electron chi connectivity index (χ4n) is 2.07. The Bertz CT molecular complexity index is 855. The van der Waals surface area contributed by atoms with Crippen LogP contribution in [0.4, 0.5) is 5.82 Å². The number of anilines is 1. The third kappa shape index (κ3) is 2.99. The third-order valence-corrected chi connectivity index (χ3v) is 3.27. The minimum Gasteiger partial charge on any atom is -0.367 e. The van der Waals surface area contributed by atoms with Gasteiger partial charge in [-0.2, -0.15) is 5.26 Å². The molecule has 0 bridgehead atoms. The van der Waals surface area contributed by atoms with Gasteiger partial charge in [0, 0.05) is 20.6 Å². The number of nitriles is 1. The average Bonchev–Trinajstić information content (AvgIpc) is 2.55. The summed E-state index contributed by atoms with van der Waals surface area (Å²) in [5.74, 6) is 0.230. The Kier molecular flexibility index (Phi) is 4.59. The summed E-state index contributed by atoms with van der Waals surface area (Å²) in [7, 11) is 2.87. The summed E-state index contributed by atoms with van der Waals surface area (Å²) < 4.78 is 2.18. The molecule has 22 heavy (non-hydrogen) atoms. The van der Waals surface area contributed by atoms with Crippen LogP contribution in [-0.4, -0.2) is 15.7 Å². The third-order valence-electron chi connectivity index (χ3n) is 3.27. The highest BCUT2D eigenvalue weighted by molar-refractivity contribution is 5.53. The maximum absolute atomic E-state index is 11.9. The standard InChI is InChI=1S/C16H16N4O2/c1-19-14(13(11-17)15(21)20(2)16(19)22)18-10-6-9-12-7-4-3-5-8-12/h3-9,18H,10H2,1-2H3/b9-6+. The van der Waals surface area contributed by atoms with Crippen molar-refractivity contribution < 1.29 is 0 Å². The van der Waals surface area contributed by atoms with Crippen LogP contribution in [0.3, 0.4) is 0 Å². The van der Waals surface area contributed by atoms with Crippen molar-refractivity contribution >= 4 is 11.9 Å². The molecule has 112 valence electrons. The predicted octanol–water partition coefficient (Wildman–Crippen LogP) is 1.08. The van der Waals surface area contributed by atoms with Crippen LogP contribution in [0, 0.1) is 11.3 Å². The Hall–Kier alpha value is -3.07. The van der Waals surface area contributed by atoms with Crippen LogP contribution in [0.2, 0.25) is 0 Å². The van der Waals surface area contributed by atoms with E-state index in [1.807, 2.05) is 48.6 Å². The van der Waals surface area contributed by atoms with Crippen LogP contribution in [0.5, 0.6) is 0 Å². The van der Waals surface area contributed by atoms with Gasteiger partial charge in [-0.05, 0) is 5.56 Å². The second kappa shape index (κ2) is 6.59. The highest BCUT2D eigenvalue weighted by Gasteiger charge is 2.14. The summed E-state index contributed by atoms with van der Waals surface area (Å²) in [5, 5.41) is 12.1. The van der Waals surface area contributed by atoms with Crippen molar-refractivity contribution in [3.05, 3.63) is 68.4 Å². The summed E-state index contributed by atoms with van der Waals surface area (Å²) in [4.78, 5) is 23.8. The second-order valence-corrected chi connectivity index (χ2v) is 4.74. The van der Waals surface area contributed by atoms with Crippen LogP contribution in [0.1, 0.15) is 11.1 Å². The van der Waals surface area contributed by atoms with Gasteiger partial charge in [0.05, 0.1) is 0 Å². The summed E-state index contributed by atoms with van der Waals surface area (Å²) in [6.07, 6.45) is 3.77. The van der Waals surface area contributed by atoms with Crippen molar-refractivity contribution in [2.75, 3.05) is 11.9 Å². The topological polar surface area (TPSA) is 79.8 Å². The van der Waals surface area contributed by atoms with E-state index in [2.05, 4.69) is 5.32 Å². The van der Waals surface area contributed by atoms with Gasteiger partial charge in [-0.25, -0.2) is 4.79 Å². The average molecular weight is 296 g/mol. The second-order valence-electron chi connectivity index (χ2n) is 4.74. The number of rotatable bonds is 4. The molecule has 1 aromatic heterocycles. The van der Waals surface area contributed by atoms with E-state index < -0.39 is 11.2 Å². The molecule has 0 saturated carbocycles. The van der Waals surface area contributed by atoms with E-state index in [-0.39, 0.29) is 11.4 Å². The van der Waals surface area contributed by atoms with Gasteiger partial charge >= 0.3 is 5.69 Å². The summed E-state index contributed by atoms with van der Waals surface area (Å²) in [6, 6.07) is 11.6. The highest BCUT2D eigenvalue weighted by atomic mass is 16.2. The number of hydrogen-bond donors (Lipinski definition) is 1. The largest absolute Gasteiger partial charge is 0.367 e. The van der Waals surface area contributed by atoms with E-state index in [0.29, 0.717) is 6.54 Å². The molecule has 0 fully saturated rings. The molecule has 1 heterocycles. The first-order chi connectivity index (χ1) is 10.6. The zero-order valence-corrected chi connectivity index (χ0v) is 12.4. The molecule has 1 aromatic carbocycles. The van der Waals surface area contributed by atoms with Gasteiger partial charge in [0.2, 0.25) is 0 Å². The molecule has 0 atom stereocenters. The molecule has 1 N–H and O–H groups in total. The van der Waals surface area contributed by atoms with Gasteiger partial charge in [-0.1, -0.05) is 42.5 Å². The zero-order chi connectivity index (χ0) is 16.1. The van der Waals surface area contributed by atoms with Gasteiger partial charge in [-0.15, -0.1) is 0 Å². The number of aromatic nitrogens is 2. The molecule has 0 aliphatic carbocycles. The van der Waals surface area contributed by atoms with Gasteiger partial charge in [0.15, 0.2) is 5.56 Å². The minimum atomic E-state index is -0.597. The van der Waals surface area contributed by atoms with Crippen molar-refractivity contribution in [1.82, 2.24) is 9.13 Å². The molecule has 0 amide bonds. The van der Waals surface area contributed by atoms with E-state index >= 15 is 0 Å². The SMILES string of the molecule is Cn1c(NC/C=C/c2ccccc2)c(C#N)c(=O)n(C)c1=O. The van der Waals surface area contributed by atoms with Crippen LogP contribution < -0.4 is 16.6 Å². The molecule has 2 aromatic rings. The quantitative estimate of drug-likeness (QED) is 0.915. The van der Waals surface area contributed by atoms with Gasteiger partial charge < -0.3 is 5.32 Å². The number of hydrogen-bond acceptors (Lipinski definition) is 4. The summed E-state index contributed by atoms with van der Waals surface area (Å²) in [5.41, 5.74) is -0.0981. The van der Waals surface area contributed by atoms with Crippen molar-refractivity contribution in [2.45, 2.75) is 0 Å². The molecule has 0 aliphatic heterocycles. The Labute approximate surface area is 127 Å². The van der Waals surface area contributed by atoms with E-state index in [4.69, 9.17) is 5.26 Å². The molecule has 0 unspecified atom stereocenters. The molecule has 6 nitrogen and oxygen atoms in total. The van der Waals surface area contributed by atoms with Crippen molar-refractivity contribution in [1.29, 1.82) is 5.26 Å². The molecule has 2 rings (SSSR count). The lowest BCUT2D eigenvalue weighted by molar-refractivity contribution is 0.687. The van der Waals surface area contributed by atoms with E-state index in [1.165, 1.54) is 18.7 Å². The fraction of sp³-hybridized carbons (Fsp3) is 0.188. The van der Waals surface area contributed by atoms with Gasteiger partial charge in [0.1, 0.15) is 11.9 Å².